The average molecular weight is 453 g/mol. The van der Waals surface area contributed by atoms with Gasteiger partial charge in [-0.2, -0.15) is 0 Å². The van der Waals surface area contributed by atoms with Crippen molar-refractivity contribution >= 4 is 34.4 Å². The van der Waals surface area contributed by atoms with Crippen LogP contribution in [-0.2, 0) is 4.79 Å². The van der Waals surface area contributed by atoms with Crippen LogP contribution in [0, 0.1) is 0 Å². The van der Waals surface area contributed by atoms with Crippen LogP contribution in [0.4, 0.5) is 5.69 Å². The molecule has 0 radical (unpaired) electrons. The first-order chi connectivity index (χ1) is 15.6. The zero-order chi connectivity index (χ0) is 22.1. The van der Waals surface area contributed by atoms with E-state index in [-0.39, 0.29) is 11.6 Å². The predicted molar refractivity (Wildman–Crippen MR) is 123 cm³/mol. The minimum absolute atomic E-state index is 0.148. The van der Waals surface area contributed by atoms with E-state index in [2.05, 4.69) is 30.0 Å². The van der Waals surface area contributed by atoms with Gasteiger partial charge in [-0.1, -0.05) is 31.0 Å². The van der Waals surface area contributed by atoms with Crippen molar-refractivity contribution in [2.24, 2.45) is 0 Å². The zero-order valence-corrected chi connectivity index (χ0v) is 18.4. The van der Waals surface area contributed by atoms with Gasteiger partial charge in [0.25, 0.3) is 0 Å². The maximum atomic E-state index is 12.9. The third kappa shape index (κ3) is 4.10. The van der Waals surface area contributed by atoms with Gasteiger partial charge in [-0.3, -0.25) is 9.36 Å². The summed E-state index contributed by atoms with van der Waals surface area (Å²) < 4.78 is 7.73. The van der Waals surface area contributed by atoms with Crippen LogP contribution in [0.15, 0.2) is 51.0 Å². The molecule has 1 saturated carbocycles. The number of aromatic nitrogens is 5. The van der Waals surface area contributed by atoms with Gasteiger partial charge in [0.05, 0.1) is 22.5 Å². The molecule has 1 fully saturated rings. The van der Waals surface area contributed by atoms with Crippen molar-refractivity contribution in [1.29, 1.82) is 0 Å². The zero-order valence-electron chi connectivity index (χ0n) is 17.6. The number of nitrogens with one attached hydrogen (secondary N) is 3. The smallest absolute Gasteiger partial charge is 0.323 e. The maximum absolute atomic E-state index is 12.9. The third-order valence-corrected chi connectivity index (χ3v) is 6.84. The molecule has 4 aromatic rings. The van der Waals surface area contributed by atoms with Gasteiger partial charge in [-0.15, -0.1) is 10.2 Å². The van der Waals surface area contributed by atoms with Crippen LogP contribution in [-0.4, -0.2) is 35.9 Å². The highest BCUT2D eigenvalue weighted by atomic mass is 32.2. The molecular formula is C22H24N6O3S. The molecule has 3 N–H and O–H groups in total. The van der Waals surface area contributed by atoms with E-state index in [1.165, 1.54) is 31.0 Å². The summed E-state index contributed by atoms with van der Waals surface area (Å²) >= 11 is 1.39. The van der Waals surface area contributed by atoms with E-state index in [0.717, 1.165) is 18.0 Å². The number of nitrogens with zero attached hydrogens (tertiary/aromatic N) is 3. The van der Waals surface area contributed by atoms with E-state index in [0.29, 0.717) is 34.3 Å². The Kier molecular flexibility index (Phi) is 5.60. The fourth-order valence-corrected chi connectivity index (χ4v) is 5.08. The Hall–Kier alpha value is -3.27. The van der Waals surface area contributed by atoms with Crippen LogP contribution in [0.5, 0.6) is 0 Å². The molecule has 1 aromatic carbocycles. The number of H-pyrrole nitrogens is 2. The Labute approximate surface area is 188 Å². The Morgan fingerprint density at radius 2 is 2.00 bits per heavy atom. The molecule has 3 aromatic heterocycles. The van der Waals surface area contributed by atoms with Crippen molar-refractivity contribution in [2.45, 2.75) is 55.5 Å². The number of aromatic amines is 2. The van der Waals surface area contributed by atoms with E-state index >= 15 is 0 Å². The van der Waals surface area contributed by atoms with Crippen LogP contribution in [0.25, 0.3) is 22.6 Å². The highest BCUT2D eigenvalue weighted by Gasteiger charge is 2.27. The first-order valence-electron chi connectivity index (χ1n) is 10.8. The average Bonchev–Trinajstić information content (AvgIpc) is 3.53. The molecular weight excluding hydrogens is 428 g/mol. The maximum Gasteiger partial charge on any atom is 0.323 e. The summed E-state index contributed by atoms with van der Waals surface area (Å²) in [6.45, 7) is 1.85. The summed E-state index contributed by atoms with van der Waals surface area (Å²) in [5, 5.41) is 12.1. The summed E-state index contributed by atoms with van der Waals surface area (Å²) in [6, 6.07) is 9.28. The number of rotatable bonds is 6. The fourth-order valence-electron chi connectivity index (χ4n) is 4.17. The van der Waals surface area contributed by atoms with Crippen molar-refractivity contribution in [1.82, 2.24) is 24.7 Å². The Balaban J connectivity index is 1.36. The molecule has 5 rings (SSSR count). The molecule has 1 atom stereocenters. The molecule has 0 unspecified atom stereocenters. The highest BCUT2D eigenvalue weighted by Crippen LogP contribution is 2.36. The van der Waals surface area contributed by atoms with Crippen molar-refractivity contribution in [3.8, 4) is 11.6 Å². The number of amides is 1. The van der Waals surface area contributed by atoms with E-state index in [1.54, 1.807) is 24.5 Å². The van der Waals surface area contributed by atoms with Crippen LogP contribution in [0.1, 0.15) is 45.1 Å². The Morgan fingerprint density at radius 1 is 1.19 bits per heavy atom. The standard InChI is InChI=1S/C22H24N6O3S/c1-13(20(29)23-14-9-10-16-17(12-14)25-21(30)24-16)32-22-27-26-19(18-8-5-11-31-18)28(22)15-6-3-2-4-7-15/h5,8-13,15H,2-4,6-7H2,1H3,(H,23,29)(H2,24,25,30)/t13-/m1/s1. The molecule has 10 heteroatoms. The van der Waals surface area contributed by atoms with Gasteiger partial charge in [0.15, 0.2) is 10.9 Å². The number of anilines is 1. The van der Waals surface area contributed by atoms with Gasteiger partial charge < -0.3 is 19.7 Å². The fraction of sp³-hybridized carbons (Fsp3) is 0.364. The molecule has 0 saturated heterocycles. The predicted octanol–water partition coefficient (Wildman–Crippen LogP) is 4.33. The third-order valence-electron chi connectivity index (χ3n) is 5.78. The number of imidazole rings is 1. The number of hydrogen-bond acceptors (Lipinski definition) is 6. The number of thioether (sulfide) groups is 1. The minimum Gasteiger partial charge on any atom is -0.461 e. The second kappa shape index (κ2) is 8.70. The molecule has 0 aliphatic heterocycles. The summed E-state index contributed by atoms with van der Waals surface area (Å²) in [6.07, 6.45) is 7.34. The molecule has 0 bridgehead atoms. The van der Waals surface area contributed by atoms with Gasteiger partial charge in [0, 0.05) is 11.7 Å². The lowest BCUT2D eigenvalue weighted by atomic mass is 9.95. The molecule has 166 valence electrons. The lowest BCUT2D eigenvalue weighted by molar-refractivity contribution is -0.115. The van der Waals surface area contributed by atoms with E-state index in [4.69, 9.17) is 4.42 Å². The van der Waals surface area contributed by atoms with Crippen LogP contribution in [0.2, 0.25) is 0 Å². The molecule has 9 nitrogen and oxygen atoms in total. The van der Waals surface area contributed by atoms with E-state index in [1.807, 2.05) is 19.1 Å². The Morgan fingerprint density at radius 3 is 2.78 bits per heavy atom. The van der Waals surface area contributed by atoms with E-state index < -0.39 is 5.25 Å². The van der Waals surface area contributed by atoms with Gasteiger partial charge in [0.2, 0.25) is 11.7 Å². The SMILES string of the molecule is C[C@@H](Sc1nnc(-c2ccco2)n1C1CCCCC1)C(=O)Nc1ccc2[nH]c(=O)[nH]c2c1. The quantitative estimate of drug-likeness (QED) is 0.374. The molecule has 3 heterocycles. The topological polar surface area (TPSA) is 122 Å². The van der Waals surface area contributed by atoms with Gasteiger partial charge >= 0.3 is 5.69 Å². The molecule has 32 heavy (non-hydrogen) atoms. The number of hydrogen-bond donors (Lipinski definition) is 3. The highest BCUT2D eigenvalue weighted by molar-refractivity contribution is 8.00. The molecule has 1 amide bonds. The summed E-state index contributed by atoms with van der Waals surface area (Å²) in [5.74, 6) is 1.24. The first-order valence-corrected chi connectivity index (χ1v) is 11.6. The summed E-state index contributed by atoms with van der Waals surface area (Å²) in [5.41, 5.74) is 1.69. The lowest BCUT2D eigenvalue weighted by Gasteiger charge is -2.25. The number of benzene rings is 1. The monoisotopic (exact) mass is 452 g/mol. The molecule has 1 aliphatic rings. The number of carbonyl (C=O) groups is 1. The summed E-state index contributed by atoms with van der Waals surface area (Å²) in [4.78, 5) is 29.7. The van der Waals surface area contributed by atoms with E-state index in [9.17, 15) is 9.59 Å². The normalized spacial score (nSPS) is 15.8. The van der Waals surface area contributed by atoms with Crippen molar-refractivity contribution in [2.75, 3.05) is 5.32 Å². The second-order valence-corrected chi connectivity index (χ2v) is 9.34. The second-order valence-electron chi connectivity index (χ2n) is 8.03. The van der Waals surface area contributed by atoms with Crippen LogP contribution < -0.4 is 11.0 Å². The van der Waals surface area contributed by atoms with Crippen molar-refractivity contribution in [3.63, 3.8) is 0 Å². The lowest BCUT2D eigenvalue weighted by Crippen LogP contribution is -2.23. The number of carbonyl (C=O) groups excluding carboxylic acids is 1. The van der Waals surface area contributed by atoms with Crippen LogP contribution in [0.3, 0.4) is 0 Å². The van der Waals surface area contributed by atoms with Gasteiger partial charge in [0.1, 0.15) is 0 Å². The van der Waals surface area contributed by atoms with Crippen LogP contribution >= 0.6 is 11.8 Å². The first kappa shape index (κ1) is 20.6. The van der Waals surface area contributed by atoms with Crippen molar-refractivity contribution in [3.05, 3.63) is 47.1 Å². The molecule has 1 aliphatic carbocycles. The molecule has 0 spiro atoms. The minimum atomic E-state index is -0.396. The largest absolute Gasteiger partial charge is 0.461 e. The van der Waals surface area contributed by atoms with Gasteiger partial charge in [-0.05, 0) is 50.1 Å². The van der Waals surface area contributed by atoms with Crippen molar-refractivity contribution < 1.29 is 9.21 Å². The number of furan rings is 1. The van der Waals surface area contributed by atoms with Gasteiger partial charge in [-0.25, -0.2) is 4.79 Å². The summed E-state index contributed by atoms with van der Waals surface area (Å²) in [7, 11) is 0. The Bertz CT molecular complexity index is 1280. The number of fused-ring (bicyclic) bond motifs is 1.